The smallest absolute Gasteiger partial charge is 0.297 e. The average Bonchev–Trinajstić information content (AvgIpc) is 2.84. The first kappa shape index (κ1) is 28.6. The Morgan fingerprint density at radius 2 is 1.57 bits per heavy atom. The Labute approximate surface area is 222 Å². The molecule has 0 atom stereocenters. The Morgan fingerprint density at radius 1 is 0.919 bits per heavy atom. The summed E-state index contributed by atoms with van der Waals surface area (Å²) in [6.45, 7) is 8.25. The maximum Gasteiger partial charge on any atom is 0.297 e. The molecular formula is C26H31ClN2O7S. The fourth-order valence-corrected chi connectivity index (χ4v) is 4.21. The summed E-state index contributed by atoms with van der Waals surface area (Å²) in [5.41, 5.74) is 0.924. The van der Waals surface area contributed by atoms with Crippen LogP contribution in [0.3, 0.4) is 0 Å². The van der Waals surface area contributed by atoms with E-state index >= 15 is 0 Å². The second kappa shape index (κ2) is 12.6. The lowest BCUT2D eigenvalue weighted by atomic mass is 10.1. The van der Waals surface area contributed by atoms with Gasteiger partial charge in [0.05, 0.1) is 36.5 Å². The summed E-state index contributed by atoms with van der Waals surface area (Å²) < 4.78 is 47.2. The molecule has 0 radical (unpaired) electrons. The molecule has 0 fully saturated rings. The molecule has 0 saturated carbocycles. The summed E-state index contributed by atoms with van der Waals surface area (Å²) in [5.74, 6) is 0.860. The highest BCUT2D eigenvalue weighted by Crippen LogP contribution is 2.22. The molecule has 3 rings (SSSR count). The Kier molecular flexibility index (Phi) is 9.72. The topological polar surface area (TPSA) is 106 Å². The van der Waals surface area contributed by atoms with Crippen LogP contribution >= 0.6 is 11.6 Å². The second-order valence-corrected chi connectivity index (χ2v) is 11.2. The molecule has 2 aromatic carbocycles. The first-order valence-corrected chi connectivity index (χ1v) is 13.4. The molecule has 0 aliphatic carbocycles. The predicted octanol–water partition coefficient (Wildman–Crippen LogP) is 4.34. The van der Waals surface area contributed by atoms with Gasteiger partial charge in [0.15, 0.2) is 10.8 Å². The van der Waals surface area contributed by atoms with E-state index in [-0.39, 0.29) is 48.7 Å². The Balaban J connectivity index is 1.36. The number of nitrogens with zero attached hydrogens (tertiary/aromatic N) is 2. The van der Waals surface area contributed by atoms with Crippen LogP contribution < -0.4 is 15.0 Å². The molecule has 9 nitrogen and oxygen atoms in total. The van der Waals surface area contributed by atoms with Gasteiger partial charge >= 0.3 is 0 Å². The molecule has 1 aromatic heterocycles. The van der Waals surface area contributed by atoms with Gasteiger partial charge in [-0.25, -0.2) is 4.68 Å². The number of rotatable bonds is 12. The highest BCUT2D eigenvalue weighted by atomic mass is 35.5. The van der Waals surface area contributed by atoms with Crippen molar-refractivity contribution in [3.63, 3.8) is 0 Å². The van der Waals surface area contributed by atoms with E-state index in [1.807, 2.05) is 39.8 Å². The predicted molar refractivity (Wildman–Crippen MR) is 140 cm³/mol. The van der Waals surface area contributed by atoms with Gasteiger partial charge in [0, 0.05) is 0 Å². The van der Waals surface area contributed by atoms with Gasteiger partial charge in [-0.1, -0.05) is 41.4 Å². The normalized spacial score (nSPS) is 11.9. The molecular weight excluding hydrogens is 520 g/mol. The lowest BCUT2D eigenvalue weighted by Gasteiger charge is -2.21. The van der Waals surface area contributed by atoms with E-state index in [2.05, 4.69) is 5.10 Å². The van der Waals surface area contributed by atoms with Crippen molar-refractivity contribution in [1.82, 2.24) is 9.78 Å². The Morgan fingerprint density at radius 3 is 2.22 bits per heavy atom. The van der Waals surface area contributed by atoms with Crippen LogP contribution in [-0.2, 0) is 31.2 Å². The van der Waals surface area contributed by atoms with Crippen molar-refractivity contribution in [3.8, 4) is 11.5 Å². The quantitative estimate of drug-likeness (QED) is 0.242. The molecule has 0 unspecified atom stereocenters. The second-order valence-electron chi connectivity index (χ2n) is 9.19. The minimum absolute atomic E-state index is 0.0111. The summed E-state index contributed by atoms with van der Waals surface area (Å²) in [4.78, 5) is 12.5. The molecule has 3 aromatic rings. The zero-order valence-corrected chi connectivity index (χ0v) is 22.8. The van der Waals surface area contributed by atoms with Crippen molar-refractivity contribution < 1.29 is 26.8 Å². The van der Waals surface area contributed by atoms with Crippen LogP contribution in [0.4, 0.5) is 0 Å². The number of aryl methyl sites for hydroxylation is 1. The van der Waals surface area contributed by atoms with Crippen LogP contribution in [0, 0.1) is 6.92 Å². The number of hydrogen-bond donors (Lipinski definition) is 0. The third kappa shape index (κ3) is 8.29. The molecule has 200 valence electrons. The van der Waals surface area contributed by atoms with Gasteiger partial charge in [0.2, 0.25) is 0 Å². The molecule has 0 N–H and O–H groups in total. The highest BCUT2D eigenvalue weighted by Gasteiger charge is 2.20. The molecule has 11 heteroatoms. The van der Waals surface area contributed by atoms with Gasteiger partial charge < -0.3 is 14.2 Å². The summed E-state index contributed by atoms with van der Waals surface area (Å²) in [6.07, 6.45) is 1.44. The zero-order chi connectivity index (χ0) is 27.1. The van der Waals surface area contributed by atoms with Gasteiger partial charge in [-0.2, -0.15) is 13.5 Å². The van der Waals surface area contributed by atoms with Gasteiger partial charge in [0.1, 0.15) is 19.0 Å². The summed E-state index contributed by atoms with van der Waals surface area (Å²) in [6, 6.07) is 13.7. The third-order valence-corrected chi connectivity index (χ3v) is 6.79. The van der Waals surface area contributed by atoms with Crippen LogP contribution in [0.15, 0.2) is 64.4 Å². The van der Waals surface area contributed by atoms with E-state index in [4.69, 9.17) is 30.0 Å². The Hall–Kier alpha value is -2.92. The third-order valence-electron chi connectivity index (χ3n) is 5.11. The summed E-state index contributed by atoms with van der Waals surface area (Å²) in [7, 11) is -3.80. The van der Waals surface area contributed by atoms with Gasteiger partial charge in [0.25, 0.3) is 15.7 Å². The number of aromatic nitrogens is 2. The molecule has 0 bridgehead atoms. The minimum Gasteiger partial charge on any atom is -0.491 e. The number of halogens is 1. The van der Waals surface area contributed by atoms with E-state index in [0.29, 0.717) is 5.75 Å². The molecule has 0 saturated heterocycles. The van der Waals surface area contributed by atoms with Gasteiger partial charge in [-0.05, 0) is 57.5 Å². The van der Waals surface area contributed by atoms with E-state index < -0.39 is 21.2 Å². The van der Waals surface area contributed by atoms with Crippen molar-refractivity contribution in [2.45, 2.75) is 44.7 Å². The monoisotopic (exact) mass is 550 g/mol. The van der Waals surface area contributed by atoms with Crippen molar-refractivity contribution >= 4 is 21.7 Å². The van der Waals surface area contributed by atoms with E-state index in [1.54, 1.807) is 24.3 Å². The van der Waals surface area contributed by atoms with E-state index in [0.717, 1.165) is 11.1 Å². The van der Waals surface area contributed by atoms with Crippen LogP contribution in [-0.4, -0.2) is 44.6 Å². The van der Waals surface area contributed by atoms with Crippen molar-refractivity contribution in [3.05, 3.63) is 81.2 Å². The average molecular weight is 551 g/mol. The van der Waals surface area contributed by atoms with Crippen LogP contribution in [0.5, 0.6) is 11.5 Å². The summed E-state index contributed by atoms with van der Waals surface area (Å²) in [5, 5.41) is 4.14. The highest BCUT2D eigenvalue weighted by molar-refractivity contribution is 7.86. The van der Waals surface area contributed by atoms with Gasteiger partial charge in [-0.3, -0.25) is 8.98 Å². The first-order chi connectivity index (χ1) is 17.5. The minimum atomic E-state index is -3.80. The number of ether oxygens (including phenoxy) is 3. The zero-order valence-electron chi connectivity index (χ0n) is 21.3. The van der Waals surface area contributed by atoms with E-state index in [9.17, 15) is 13.2 Å². The number of benzene rings is 2. The maximum atomic E-state index is 12.4. The lowest BCUT2D eigenvalue weighted by Crippen LogP contribution is -2.36. The molecule has 0 spiro atoms. The van der Waals surface area contributed by atoms with Crippen molar-refractivity contribution in [2.24, 2.45) is 0 Å². The van der Waals surface area contributed by atoms with Crippen LogP contribution in [0.2, 0.25) is 5.02 Å². The Bertz CT molecular complexity index is 1330. The van der Waals surface area contributed by atoms with E-state index in [1.165, 1.54) is 23.0 Å². The first-order valence-electron chi connectivity index (χ1n) is 11.6. The van der Waals surface area contributed by atoms with Crippen molar-refractivity contribution in [1.29, 1.82) is 0 Å². The molecule has 37 heavy (non-hydrogen) atoms. The maximum absolute atomic E-state index is 12.4. The fraction of sp³-hybridized carbons (Fsp3) is 0.385. The molecule has 0 amide bonds. The van der Waals surface area contributed by atoms with Gasteiger partial charge in [-0.15, -0.1) is 0 Å². The number of hydrogen-bond acceptors (Lipinski definition) is 8. The fourth-order valence-electron chi connectivity index (χ4n) is 3.14. The molecule has 0 aliphatic heterocycles. The molecule has 0 aliphatic rings. The van der Waals surface area contributed by atoms with Crippen LogP contribution in [0.1, 0.15) is 31.9 Å². The summed E-state index contributed by atoms with van der Waals surface area (Å²) >= 11 is 6.19. The molecule has 1 heterocycles. The SMILES string of the molecule is Cc1ccc(S(=O)(=O)OCCOCCOc2ccc(COc3cnn(C(C)(C)C)c(=O)c3Cl)cc2)cc1. The van der Waals surface area contributed by atoms with Crippen LogP contribution in [0.25, 0.3) is 0 Å². The largest absolute Gasteiger partial charge is 0.491 e. The standard InChI is InChI=1S/C26H31ClN2O7S/c1-19-5-11-22(12-6-19)37(31,32)36-16-14-33-13-15-34-21-9-7-20(8-10-21)18-35-23-17-28-29(26(2,3)4)25(30)24(23)27/h5-12,17H,13-16,18H2,1-4H3. The lowest BCUT2D eigenvalue weighted by molar-refractivity contribution is 0.0779. The van der Waals surface area contributed by atoms with Crippen molar-refractivity contribution in [2.75, 3.05) is 26.4 Å².